The number of alkyl halides is 3. The fraction of sp³-hybridized carbons (Fsp3) is 0.556. The predicted octanol–water partition coefficient (Wildman–Crippen LogP) is 4.28. The molecule has 134 valence electrons. The van der Waals surface area contributed by atoms with Crippen molar-refractivity contribution in [1.82, 2.24) is 10.2 Å². The van der Waals surface area contributed by atoms with Crippen LogP contribution in [0, 0.1) is 0 Å². The second kappa shape index (κ2) is 9.08. The third-order valence-electron chi connectivity index (χ3n) is 4.23. The molecule has 1 aromatic carbocycles. The van der Waals surface area contributed by atoms with Gasteiger partial charge >= 0.3 is 6.36 Å². The first-order valence-corrected chi connectivity index (χ1v) is 8.41. The maximum Gasteiger partial charge on any atom is 0.573 e. The van der Waals surface area contributed by atoms with Crippen LogP contribution in [0.1, 0.15) is 37.3 Å². The fourth-order valence-electron chi connectivity index (χ4n) is 3.07. The van der Waals surface area contributed by atoms with E-state index in [2.05, 4.69) is 21.5 Å². The van der Waals surface area contributed by atoms with Crippen LogP contribution in [-0.4, -0.2) is 37.4 Å². The van der Waals surface area contributed by atoms with E-state index < -0.39 is 6.36 Å². The Kier molecular flexibility index (Phi) is 7.12. The molecule has 0 aromatic heterocycles. The molecule has 24 heavy (non-hydrogen) atoms. The van der Waals surface area contributed by atoms with Crippen LogP contribution in [0.15, 0.2) is 36.9 Å². The average molecular weight is 342 g/mol. The van der Waals surface area contributed by atoms with Crippen molar-refractivity contribution < 1.29 is 17.9 Å². The second-order valence-electron chi connectivity index (χ2n) is 5.99. The molecule has 1 aliphatic heterocycles. The van der Waals surface area contributed by atoms with Gasteiger partial charge in [0.15, 0.2) is 0 Å². The molecule has 1 aliphatic rings. The van der Waals surface area contributed by atoms with Gasteiger partial charge in [-0.2, -0.15) is 0 Å². The Hall–Kier alpha value is -1.53. The molecule has 0 unspecified atom stereocenters. The SMILES string of the molecule is C=CCCCC[C@H](c1ccc(OC(F)(F)F)cc1)N1CCNCC1. The van der Waals surface area contributed by atoms with E-state index in [0.717, 1.165) is 57.4 Å². The molecule has 2 rings (SSSR count). The molecule has 1 atom stereocenters. The summed E-state index contributed by atoms with van der Waals surface area (Å²) in [5, 5.41) is 3.33. The topological polar surface area (TPSA) is 24.5 Å². The molecule has 0 spiro atoms. The summed E-state index contributed by atoms with van der Waals surface area (Å²) in [6.07, 6.45) is 1.41. The number of ether oxygens (including phenoxy) is 1. The minimum atomic E-state index is -4.65. The van der Waals surface area contributed by atoms with E-state index in [1.165, 1.54) is 12.1 Å². The summed E-state index contributed by atoms with van der Waals surface area (Å²) in [6.45, 7) is 7.53. The van der Waals surface area contributed by atoms with Crippen molar-refractivity contribution in [3.63, 3.8) is 0 Å². The van der Waals surface area contributed by atoms with Gasteiger partial charge in [0.2, 0.25) is 0 Å². The average Bonchev–Trinajstić information content (AvgIpc) is 2.55. The normalized spacial score (nSPS) is 17.5. The molecule has 1 heterocycles. The number of hydrogen-bond donors (Lipinski definition) is 1. The highest BCUT2D eigenvalue weighted by molar-refractivity contribution is 5.29. The van der Waals surface area contributed by atoms with Crippen LogP contribution in [0.4, 0.5) is 13.2 Å². The largest absolute Gasteiger partial charge is 0.573 e. The molecule has 1 N–H and O–H groups in total. The Morgan fingerprint density at radius 2 is 1.83 bits per heavy atom. The summed E-state index contributed by atoms with van der Waals surface area (Å²) in [7, 11) is 0. The predicted molar refractivity (Wildman–Crippen MR) is 89.0 cm³/mol. The van der Waals surface area contributed by atoms with Crippen molar-refractivity contribution in [2.75, 3.05) is 26.2 Å². The van der Waals surface area contributed by atoms with Crippen molar-refractivity contribution in [3.05, 3.63) is 42.5 Å². The maximum absolute atomic E-state index is 12.3. The standard InChI is InChI=1S/C18H25F3N2O/c1-2-3-4-5-6-17(23-13-11-22-12-14-23)15-7-9-16(10-8-15)24-18(19,20)21/h2,7-10,17,22H,1,3-6,11-14H2/t17-/m1/s1. The fourth-order valence-corrected chi connectivity index (χ4v) is 3.07. The Morgan fingerprint density at radius 3 is 2.42 bits per heavy atom. The van der Waals surface area contributed by atoms with Crippen molar-refractivity contribution in [2.45, 2.75) is 38.1 Å². The van der Waals surface area contributed by atoms with Crippen LogP contribution in [-0.2, 0) is 0 Å². The summed E-state index contributed by atoms with van der Waals surface area (Å²) in [4.78, 5) is 2.41. The minimum absolute atomic E-state index is 0.169. The van der Waals surface area contributed by atoms with Crippen LogP contribution in [0.3, 0.4) is 0 Å². The van der Waals surface area contributed by atoms with Crippen LogP contribution < -0.4 is 10.1 Å². The molecule has 1 fully saturated rings. The summed E-state index contributed by atoms with van der Waals surface area (Å²) in [5.74, 6) is -0.169. The van der Waals surface area contributed by atoms with Gasteiger partial charge < -0.3 is 10.1 Å². The van der Waals surface area contributed by atoms with Crippen molar-refractivity contribution in [2.24, 2.45) is 0 Å². The highest BCUT2D eigenvalue weighted by atomic mass is 19.4. The van der Waals surface area contributed by atoms with Crippen molar-refractivity contribution >= 4 is 0 Å². The molecule has 0 aliphatic carbocycles. The van der Waals surface area contributed by atoms with Gasteiger partial charge in [-0.15, -0.1) is 19.8 Å². The van der Waals surface area contributed by atoms with E-state index in [-0.39, 0.29) is 11.8 Å². The lowest BCUT2D eigenvalue weighted by Crippen LogP contribution is -2.45. The number of nitrogens with one attached hydrogen (secondary N) is 1. The van der Waals surface area contributed by atoms with E-state index >= 15 is 0 Å². The summed E-state index contributed by atoms with van der Waals surface area (Å²) in [5.41, 5.74) is 1.05. The van der Waals surface area contributed by atoms with Crippen LogP contribution in [0.5, 0.6) is 5.75 Å². The first-order valence-electron chi connectivity index (χ1n) is 8.41. The van der Waals surface area contributed by atoms with Crippen LogP contribution in [0.2, 0.25) is 0 Å². The lowest BCUT2D eigenvalue weighted by molar-refractivity contribution is -0.274. The minimum Gasteiger partial charge on any atom is -0.406 e. The zero-order valence-corrected chi connectivity index (χ0v) is 13.8. The van der Waals surface area contributed by atoms with Crippen molar-refractivity contribution in [1.29, 1.82) is 0 Å². The molecule has 6 heteroatoms. The summed E-state index contributed by atoms with van der Waals surface area (Å²) < 4.78 is 40.8. The van der Waals surface area contributed by atoms with E-state index in [0.29, 0.717) is 0 Å². The molecule has 0 saturated carbocycles. The highest BCUT2D eigenvalue weighted by Gasteiger charge is 2.31. The number of nitrogens with zero attached hydrogens (tertiary/aromatic N) is 1. The Bertz CT molecular complexity index is 496. The molecule has 1 aromatic rings. The zero-order chi connectivity index (χ0) is 17.4. The van der Waals surface area contributed by atoms with Gasteiger partial charge in [-0.25, -0.2) is 0 Å². The molecule has 0 amide bonds. The first kappa shape index (κ1) is 18.8. The zero-order valence-electron chi connectivity index (χ0n) is 13.8. The summed E-state index contributed by atoms with van der Waals surface area (Å²) in [6, 6.07) is 6.54. The number of allylic oxidation sites excluding steroid dienone is 1. The number of piperazine rings is 1. The highest BCUT2D eigenvalue weighted by Crippen LogP contribution is 2.30. The first-order chi connectivity index (χ1) is 11.5. The van der Waals surface area contributed by atoms with Gasteiger partial charge in [0.1, 0.15) is 5.75 Å². The number of benzene rings is 1. The Balaban J connectivity index is 2.05. The molecule has 1 saturated heterocycles. The van der Waals surface area contributed by atoms with Crippen molar-refractivity contribution in [3.8, 4) is 5.75 Å². The molecular weight excluding hydrogens is 317 g/mol. The molecule has 0 radical (unpaired) electrons. The third-order valence-corrected chi connectivity index (χ3v) is 4.23. The van der Waals surface area contributed by atoms with Gasteiger partial charge in [0.05, 0.1) is 0 Å². The van der Waals surface area contributed by atoms with E-state index in [9.17, 15) is 13.2 Å². The van der Waals surface area contributed by atoms with Gasteiger partial charge in [0, 0.05) is 32.2 Å². The van der Waals surface area contributed by atoms with Gasteiger partial charge in [-0.3, -0.25) is 4.90 Å². The lowest BCUT2D eigenvalue weighted by atomic mass is 9.98. The lowest BCUT2D eigenvalue weighted by Gasteiger charge is -2.35. The van der Waals surface area contributed by atoms with Gasteiger partial charge in [-0.05, 0) is 37.0 Å². The van der Waals surface area contributed by atoms with E-state index in [1.54, 1.807) is 12.1 Å². The Morgan fingerprint density at radius 1 is 1.17 bits per heavy atom. The van der Waals surface area contributed by atoms with E-state index in [4.69, 9.17) is 0 Å². The number of unbranched alkanes of at least 4 members (excludes halogenated alkanes) is 2. The number of hydrogen-bond acceptors (Lipinski definition) is 3. The molecule has 0 bridgehead atoms. The van der Waals surface area contributed by atoms with Gasteiger partial charge in [-0.1, -0.05) is 24.6 Å². The maximum atomic E-state index is 12.3. The van der Waals surface area contributed by atoms with Crippen LogP contribution >= 0.6 is 0 Å². The number of halogens is 3. The number of rotatable bonds is 8. The van der Waals surface area contributed by atoms with Crippen LogP contribution in [0.25, 0.3) is 0 Å². The third kappa shape index (κ3) is 6.17. The van der Waals surface area contributed by atoms with E-state index in [1.807, 2.05) is 6.08 Å². The molecular formula is C18H25F3N2O. The van der Waals surface area contributed by atoms with Gasteiger partial charge in [0.25, 0.3) is 0 Å². The Labute approximate surface area is 141 Å². The molecule has 3 nitrogen and oxygen atoms in total. The quantitative estimate of drug-likeness (QED) is 0.564. The summed E-state index contributed by atoms with van der Waals surface area (Å²) >= 11 is 0. The second-order valence-corrected chi connectivity index (χ2v) is 5.99. The smallest absolute Gasteiger partial charge is 0.406 e. The monoisotopic (exact) mass is 342 g/mol.